The molecule has 0 heterocycles. The summed E-state index contributed by atoms with van der Waals surface area (Å²) in [6, 6.07) is 25.7. The summed E-state index contributed by atoms with van der Waals surface area (Å²) in [7, 11) is 0.638. The van der Waals surface area contributed by atoms with Crippen molar-refractivity contribution in [2.75, 3.05) is 0 Å². The van der Waals surface area contributed by atoms with Gasteiger partial charge in [0, 0.05) is 6.10 Å². The molecule has 2 radical (unpaired) electrons. The summed E-state index contributed by atoms with van der Waals surface area (Å²) in [4.78, 5) is 0. The first-order valence-electron chi connectivity index (χ1n) is 9.06. The molecule has 27 heavy (non-hydrogen) atoms. The Morgan fingerprint density at radius 3 is 1.48 bits per heavy atom. The molecule has 4 aromatic rings. The third-order valence-corrected chi connectivity index (χ3v) is 4.59. The molecule has 0 bridgehead atoms. The van der Waals surface area contributed by atoms with Gasteiger partial charge in [-0.3, -0.25) is 0 Å². The van der Waals surface area contributed by atoms with E-state index in [0.717, 1.165) is 0 Å². The van der Waals surface area contributed by atoms with Crippen LogP contribution in [0.15, 0.2) is 72.8 Å². The second-order valence-corrected chi connectivity index (χ2v) is 7.34. The monoisotopic (exact) mass is 450 g/mol. The van der Waals surface area contributed by atoms with Crippen molar-refractivity contribution in [2.24, 2.45) is 0 Å². The van der Waals surface area contributed by atoms with E-state index in [-0.39, 0.29) is 26.2 Å². The first-order valence-corrected chi connectivity index (χ1v) is 10.5. The molecule has 138 valence electrons. The van der Waals surface area contributed by atoms with Crippen molar-refractivity contribution in [1.29, 1.82) is 0 Å². The Morgan fingerprint density at radius 1 is 0.778 bits per heavy atom. The van der Waals surface area contributed by atoms with Gasteiger partial charge in [-0.05, 0) is 20.4 Å². The van der Waals surface area contributed by atoms with Crippen molar-refractivity contribution in [3.63, 3.8) is 0 Å². The van der Waals surface area contributed by atoms with Gasteiger partial charge in [0.15, 0.2) is 0 Å². The van der Waals surface area contributed by atoms with Crippen LogP contribution in [0.2, 0.25) is 6.55 Å². The fourth-order valence-corrected chi connectivity index (χ4v) is 3.32. The second-order valence-electron chi connectivity index (χ2n) is 6.69. The van der Waals surface area contributed by atoms with E-state index in [1.165, 1.54) is 32.7 Å². The molecule has 4 aromatic carbocycles. The Morgan fingerprint density at radius 2 is 1.19 bits per heavy atom. The van der Waals surface area contributed by atoms with Crippen LogP contribution in [0.5, 0.6) is 0 Å². The summed E-state index contributed by atoms with van der Waals surface area (Å²) in [5.74, 6) is 0. The van der Waals surface area contributed by atoms with Crippen LogP contribution >= 0.6 is 0 Å². The van der Waals surface area contributed by atoms with Gasteiger partial charge in [-0.25, -0.2) is 0 Å². The Hall–Kier alpha value is -1.28. The molecule has 0 atom stereocenters. The van der Waals surface area contributed by atoms with Gasteiger partial charge < -0.3 is 4.43 Å². The molecule has 0 unspecified atom stereocenters. The minimum atomic E-state index is 0. The van der Waals surface area contributed by atoms with E-state index in [1.54, 1.807) is 0 Å². The topological polar surface area (TPSA) is 9.23 Å². The number of hydrogen-bond donors (Lipinski definition) is 0. The zero-order valence-corrected chi connectivity index (χ0v) is 20.4. The quantitative estimate of drug-likeness (QED) is 0.240. The van der Waals surface area contributed by atoms with Crippen molar-refractivity contribution in [3.8, 4) is 0 Å². The number of fused-ring (bicyclic) bond motifs is 2. The van der Waals surface area contributed by atoms with Crippen molar-refractivity contribution in [2.45, 2.75) is 40.3 Å². The molecule has 0 aliphatic heterocycles. The van der Waals surface area contributed by atoms with Crippen molar-refractivity contribution in [3.05, 3.63) is 83.9 Å². The SMILES string of the molecule is C[Si]OC(C)C.Cc1cc2ccccc2[cH-]1.Cc1cc2ccccc2[cH-]1.[Zr+2]. The molecule has 0 spiro atoms. The van der Waals surface area contributed by atoms with Crippen LogP contribution < -0.4 is 0 Å². The normalized spacial score (nSPS) is 10.0. The maximum atomic E-state index is 5.07. The minimum absolute atomic E-state index is 0. The number of hydrogen-bond acceptors (Lipinski definition) is 1. The maximum absolute atomic E-state index is 5.07. The Balaban J connectivity index is 0.000000207. The van der Waals surface area contributed by atoms with Crippen LogP contribution in [-0.4, -0.2) is 15.9 Å². The largest absolute Gasteiger partial charge is 2.00 e. The molecule has 0 saturated carbocycles. The van der Waals surface area contributed by atoms with Gasteiger partial charge >= 0.3 is 26.2 Å². The van der Waals surface area contributed by atoms with Gasteiger partial charge in [0.1, 0.15) is 0 Å². The molecule has 0 amide bonds. The van der Waals surface area contributed by atoms with E-state index >= 15 is 0 Å². The molecule has 1 nitrogen and oxygen atoms in total. The summed E-state index contributed by atoms with van der Waals surface area (Å²) in [6.45, 7) is 10.4. The fraction of sp³-hybridized carbons (Fsp3) is 0.250. The van der Waals surface area contributed by atoms with E-state index < -0.39 is 0 Å². The minimum Gasteiger partial charge on any atom is -0.415 e. The predicted octanol–water partition coefficient (Wildman–Crippen LogP) is 6.81. The van der Waals surface area contributed by atoms with Crippen molar-refractivity contribution in [1.82, 2.24) is 0 Å². The standard InChI is InChI=1S/2C10H9.C4H10OSi.Zr/c2*1-8-6-9-4-2-3-5-10(9)7-8;1-4(2)5-6-3;/h2*2-7H,1H3;4H,1-3H3;/q2*-1;;+2. The summed E-state index contributed by atoms with van der Waals surface area (Å²) < 4.78 is 5.07. The molecule has 0 saturated heterocycles. The molecular weight excluding hydrogens is 424 g/mol. The summed E-state index contributed by atoms with van der Waals surface area (Å²) in [6.07, 6.45) is 0.410. The molecule has 0 fully saturated rings. The molecule has 3 heteroatoms. The summed E-state index contributed by atoms with van der Waals surface area (Å²) in [5.41, 5.74) is 2.70. The van der Waals surface area contributed by atoms with Gasteiger partial charge in [0.2, 0.25) is 9.76 Å². The van der Waals surface area contributed by atoms with Crippen molar-refractivity contribution >= 4 is 31.3 Å². The third-order valence-electron chi connectivity index (χ3n) is 3.88. The van der Waals surface area contributed by atoms with Gasteiger partial charge in [-0.15, -0.1) is 81.2 Å². The van der Waals surface area contributed by atoms with Crippen LogP contribution in [0.25, 0.3) is 21.5 Å². The van der Waals surface area contributed by atoms with Crippen LogP contribution in [0.1, 0.15) is 25.0 Å². The third kappa shape index (κ3) is 8.09. The van der Waals surface area contributed by atoms with E-state index in [9.17, 15) is 0 Å². The van der Waals surface area contributed by atoms with Gasteiger partial charge in [0.25, 0.3) is 0 Å². The zero-order valence-electron chi connectivity index (χ0n) is 16.9. The van der Waals surface area contributed by atoms with Gasteiger partial charge in [-0.2, -0.15) is 12.1 Å². The van der Waals surface area contributed by atoms with E-state index in [0.29, 0.717) is 15.9 Å². The first-order chi connectivity index (χ1) is 12.5. The summed E-state index contributed by atoms with van der Waals surface area (Å²) >= 11 is 0. The number of aryl methyl sites for hydroxylation is 2. The fourth-order valence-electron chi connectivity index (χ4n) is 2.85. The van der Waals surface area contributed by atoms with E-state index in [1.807, 2.05) is 20.4 Å². The molecule has 0 aromatic heterocycles. The zero-order chi connectivity index (χ0) is 18.9. The maximum Gasteiger partial charge on any atom is 2.00 e. The molecule has 4 rings (SSSR count). The van der Waals surface area contributed by atoms with Crippen LogP contribution in [0.4, 0.5) is 0 Å². The molecule has 0 aliphatic rings. The first kappa shape index (κ1) is 23.8. The van der Waals surface area contributed by atoms with Gasteiger partial charge in [0.05, 0.1) is 0 Å². The van der Waals surface area contributed by atoms with Crippen LogP contribution in [0.3, 0.4) is 0 Å². The average molecular weight is 452 g/mol. The van der Waals surface area contributed by atoms with Crippen LogP contribution in [0, 0.1) is 13.8 Å². The number of rotatable bonds is 2. The summed E-state index contributed by atoms with van der Waals surface area (Å²) in [5, 5.41) is 5.39. The van der Waals surface area contributed by atoms with Crippen molar-refractivity contribution < 1.29 is 30.6 Å². The molecular formula is C24H28OSiZr. The number of benzene rings is 2. The second kappa shape index (κ2) is 12.2. The Kier molecular flexibility index (Phi) is 10.8. The van der Waals surface area contributed by atoms with E-state index in [2.05, 4.69) is 86.6 Å². The smallest absolute Gasteiger partial charge is 0.415 e. The molecule has 0 N–H and O–H groups in total. The average Bonchev–Trinajstić information content (AvgIpc) is 3.16. The van der Waals surface area contributed by atoms with Gasteiger partial charge in [-0.1, -0.05) is 26.0 Å². The Bertz CT molecular complexity index is 782. The van der Waals surface area contributed by atoms with Crippen LogP contribution in [-0.2, 0) is 30.6 Å². The predicted molar refractivity (Wildman–Crippen MR) is 116 cm³/mol. The Labute approximate surface area is 185 Å². The van der Waals surface area contributed by atoms with E-state index in [4.69, 9.17) is 4.43 Å². The molecule has 0 aliphatic carbocycles.